The number of carbonyl (C=O) groups is 1. The Labute approximate surface area is 121 Å². The number of amides is 1. The molecule has 1 heterocycles. The van der Waals surface area contributed by atoms with Gasteiger partial charge in [-0.05, 0) is 28.4 Å². The first-order chi connectivity index (χ1) is 9.51. The SMILES string of the molecule is CCCc1nc(C(=O)Nc2cc(Br)c(F)cc2F)n[nH]1. The smallest absolute Gasteiger partial charge is 0.295 e. The van der Waals surface area contributed by atoms with Gasteiger partial charge in [0.15, 0.2) is 0 Å². The molecule has 20 heavy (non-hydrogen) atoms. The van der Waals surface area contributed by atoms with Gasteiger partial charge in [-0.2, -0.15) is 0 Å². The molecule has 0 saturated carbocycles. The normalized spacial score (nSPS) is 10.6. The van der Waals surface area contributed by atoms with E-state index in [2.05, 4.69) is 36.4 Å². The zero-order valence-corrected chi connectivity index (χ0v) is 12.1. The van der Waals surface area contributed by atoms with E-state index in [4.69, 9.17) is 0 Å². The van der Waals surface area contributed by atoms with Crippen LogP contribution in [-0.4, -0.2) is 21.1 Å². The zero-order valence-electron chi connectivity index (χ0n) is 10.5. The molecule has 106 valence electrons. The molecule has 2 N–H and O–H groups in total. The van der Waals surface area contributed by atoms with E-state index >= 15 is 0 Å². The topological polar surface area (TPSA) is 70.7 Å². The largest absolute Gasteiger partial charge is 0.317 e. The Balaban J connectivity index is 2.16. The third kappa shape index (κ3) is 3.19. The second-order valence-corrected chi connectivity index (χ2v) is 4.91. The summed E-state index contributed by atoms with van der Waals surface area (Å²) < 4.78 is 26.6. The summed E-state index contributed by atoms with van der Waals surface area (Å²) in [6, 6.07) is 1.82. The fourth-order valence-corrected chi connectivity index (χ4v) is 1.89. The number of aryl methyl sites for hydroxylation is 1. The van der Waals surface area contributed by atoms with Gasteiger partial charge >= 0.3 is 0 Å². The highest BCUT2D eigenvalue weighted by molar-refractivity contribution is 9.10. The maximum atomic E-state index is 13.5. The van der Waals surface area contributed by atoms with Crippen molar-refractivity contribution >= 4 is 27.5 Å². The van der Waals surface area contributed by atoms with Crippen LogP contribution >= 0.6 is 15.9 Å². The van der Waals surface area contributed by atoms with Crippen molar-refractivity contribution in [3.63, 3.8) is 0 Å². The van der Waals surface area contributed by atoms with Crippen LogP contribution in [0.4, 0.5) is 14.5 Å². The molecule has 0 unspecified atom stereocenters. The van der Waals surface area contributed by atoms with Gasteiger partial charge in [-0.25, -0.2) is 13.8 Å². The Bertz CT molecular complexity index is 644. The summed E-state index contributed by atoms with van der Waals surface area (Å²) in [4.78, 5) is 15.8. The first-order valence-corrected chi connectivity index (χ1v) is 6.67. The Morgan fingerprint density at radius 2 is 2.15 bits per heavy atom. The van der Waals surface area contributed by atoms with Crippen LogP contribution in [0.5, 0.6) is 0 Å². The number of carbonyl (C=O) groups excluding carboxylic acids is 1. The number of aromatic nitrogens is 3. The maximum Gasteiger partial charge on any atom is 0.295 e. The van der Waals surface area contributed by atoms with E-state index in [1.54, 1.807) is 0 Å². The lowest BCUT2D eigenvalue weighted by Crippen LogP contribution is -2.15. The molecule has 1 amide bonds. The van der Waals surface area contributed by atoms with Gasteiger partial charge in [-0.1, -0.05) is 6.92 Å². The van der Waals surface area contributed by atoms with E-state index in [9.17, 15) is 13.6 Å². The van der Waals surface area contributed by atoms with Crippen molar-refractivity contribution < 1.29 is 13.6 Å². The van der Waals surface area contributed by atoms with E-state index in [1.807, 2.05) is 6.92 Å². The summed E-state index contributed by atoms with van der Waals surface area (Å²) in [5, 5.41) is 8.66. The quantitative estimate of drug-likeness (QED) is 0.837. The average molecular weight is 345 g/mol. The highest BCUT2D eigenvalue weighted by atomic mass is 79.9. The van der Waals surface area contributed by atoms with Gasteiger partial charge in [-0.15, -0.1) is 5.10 Å². The molecule has 0 spiro atoms. The van der Waals surface area contributed by atoms with Crippen LogP contribution in [0, 0.1) is 11.6 Å². The first-order valence-electron chi connectivity index (χ1n) is 5.88. The molecule has 8 heteroatoms. The van der Waals surface area contributed by atoms with Gasteiger partial charge in [-0.3, -0.25) is 9.89 Å². The summed E-state index contributed by atoms with van der Waals surface area (Å²) in [6.07, 6.45) is 1.52. The van der Waals surface area contributed by atoms with Crippen LogP contribution in [0.25, 0.3) is 0 Å². The van der Waals surface area contributed by atoms with E-state index in [1.165, 1.54) is 0 Å². The van der Waals surface area contributed by atoms with Crippen LogP contribution in [0.15, 0.2) is 16.6 Å². The number of nitrogens with one attached hydrogen (secondary N) is 2. The molecule has 0 saturated heterocycles. The minimum absolute atomic E-state index is 0.0517. The molecule has 0 bridgehead atoms. The van der Waals surface area contributed by atoms with Gasteiger partial charge < -0.3 is 5.32 Å². The first kappa shape index (κ1) is 14.6. The number of H-pyrrole nitrogens is 1. The van der Waals surface area contributed by atoms with Gasteiger partial charge in [0.05, 0.1) is 10.2 Å². The number of rotatable bonds is 4. The second kappa shape index (κ2) is 6.08. The predicted molar refractivity (Wildman–Crippen MR) is 72.4 cm³/mol. The third-order valence-electron chi connectivity index (χ3n) is 2.48. The molecule has 0 aliphatic carbocycles. The zero-order chi connectivity index (χ0) is 14.7. The standard InChI is InChI=1S/C12H11BrF2N4O/c1-2-3-10-17-11(19-18-10)12(20)16-9-4-6(13)7(14)5-8(9)15/h4-5H,2-3H2,1H3,(H,16,20)(H,17,18,19). The molecule has 0 radical (unpaired) electrons. The van der Waals surface area contributed by atoms with E-state index in [0.717, 1.165) is 12.5 Å². The van der Waals surface area contributed by atoms with Crippen LogP contribution < -0.4 is 5.32 Å². The van der Waals surface area contributed by atoms with Crippen molar-refractivity contribution in [1.82, 2.24) is 15.2 Å². The van der Waals surface area contributed by atoms with E-state index < -0.39 is 17.5 Å². The molecule has 1 aromatic heterocycles. The van der Waals surface area contributed by atoms with Crippen LogP contribution in [0.2, 0.25) is 0 Å². The number of hydrogen-bond donors (Lipinski definition) is 2. The fourth-order valence-electron chi connectivity index (χ4n) is 1.54. The van der Waals surface area contributed by atoms with Crippen molar-refractivity contribution in [2.75, 3.05) is 5.32 Å². The summed E-state index contributed by atoms with van der Waals surface area (Å²) in [6.45, 7) is 1.97. The minimum atomic E-state index is -0.872. The molecule has 2 aromatic rings. The highest BCUT2D eigenvalue weighted by Gasteiger charge is 2.16. The average Bonchev–Trinajstić information content (AvgIpc) is 2.85. The Morgan fingerprint density at radius 3 is 2.85 bits per heavy atom. The minimum Gasteiger partial charge on any atom is -0.317 e. The molecular weight excluding hydrogens is 334 g/mol. The van der Waals surface area contributed by atoms with Gasteiger partial charge in [0, 0.05) is 12.5 Å². The fraction of sp³-hybridized carbons (Fsp3) is 0.250. The molecule has 1 aromatic carbocycles. The number of anilines is 1. The molecular formula is C12H11BrF2N4O. The number of aromatic amines is 1. The van der Waals surface area contributed by atoms with Crippen molar-refractivity contribution in [1.29, 1.82) is 0 Å². The maximum absolute atomic E-state index is 13.5. The molecule has 0 aliphatic rings. The van der Waals surface area contributed by atoms with Crippen molar-refractivity contribution in [2.45, 2.75) is 19.8 Å². The van der Waals surface area contributed by atoms with Crippen molar-refractivity contribution in [3.8, 4) is 0 Å². The highest BCUT2D eigenvalue weighted by Crippen LogP contribution is 2.23. The van der Waals surface area contributed by atoms with E-state index in [0.29, 0.717) is 18.3 Å². The van der Waals surface area contributed by atoms with Gasteiger partial charge in [0.2, 0.25) is 5.82 Å². The molecule has 0 aliphatic heterocycles. The summed E-state index contributed by atoms with van der Waals surface area (Å²) >= 11 is 2.92. The lowest BCUT2D eigenvalue weighted by atomic mass is 10.3. The molecule has 5 nitrogen and oxygen atoms in total. The van der Waals surface area contributed by atoms with Gasteiger partial charge in [0.1, 0.15) is 17.5 Å². The van der Waals surface area contributed by atoms with Gasteiger partial charge in [0.25, 0.3) is 5.91 Å². The Hall–Kier alpha value is -1.83. The van der Waals surface area contributed by atoms with E-state index in [-0.39, 0.29) is 16.0 Å². The lowest BCUT2D eigenvalue weighted by Gasteiger charge is -2.05. The van der Waals surface area contributed by atoms with Crippen molar-refractivity contribution in [3.05, 3.63) is 39.9 Å². The molecule has 0 fully saturated rings. The summed E-state index contributed by atoms with van der Waals surface area (Å²) in [5.41, 5.74) is -0.148. The number of benzene rings is 1. The summed E-state index contributed by atoms with van der Waals surface area (Å²) in [5.74, 6) is -1.79. The number of halogens is 3. The summed E-state index contributed by atoms with van der Waals surface area (Å²) in [7, 11) is 0. The molecule has 0 atom stereocenters. The second-order valence-electron chi connectivity index (χ2n) is 4.06. The Morgan fingerprint density at radius 1 is 1.40 bits per heavy atom. The van der Waals surface area contributed by atoms with Crippen LogP contribution in [0.3, 0.4) is 0 Å². The number of nitrogens with zero attached hydrogens (tertiary/aromatic N) is 2. The molecule has 2 rings (SSSR count). The van der Waals surface area contributed by atoms with Crippen molar-refractivity contribution in [2.24, 2.45) is 0 Å². The lowest BCUT2D eigenvalue weighted by molar-refractivity contribution is 0.101. The monoisotopic (exact) mass is 344 g/mol. The van der Waals surface area contributed by atoms with Crippen LogP contribution in [0.1, 0.15) is 29.8 Å². The number of hydrogen-bond acceptors (Lipinski definition) is 3. The third-order valence-corrected chi connectivity index (χ3v) is 3.09. The van der Waals surface area contributed by atoms with Crippen LogP contribution in [-0.2, 0) is 6.42 Å². The predicted octanol–water partition coefficient (Wildman–Crippen LogP) is 3.05. The Kier molecular flexibility index (Phi) is 4.43.